The first-order valence-electron chi connectivity index (χ1n) is 6.06. The molecule has 0 bridgehead atoms. The molecule has 0 radical (unpaired) electrons. The summed E-state index contributed by atoms with van der Waals surface area (Å²) in [6, 6.07) is 7.20. The van der Waals surface area contributed by atoms with Crippen LogP contribution in [-0.4, -0.2) is 24.1 Å². The molecule has 1 amide bonds. The van der Waals surface area contributed by atoms with E-state index in [2.05, 4.69) is 17.2 Å². The average molecular weight is 248 g/mol. The molecule has 0 spiro atoms. The minimum Gasteiger partial charge on any atom is -0.387 e. The van der Waals surface area contributed by atoms with Crippen LogP contribution in [0.4, 0.5) is 5.69 Å². The summed E-state index contributed by atoms with van der Waals surface area (Å²) in [6.45, 7) is 6.54. The second kappa shape index (κ2) is 7.63. The Bertz CT molecular complexity index is 387. The van der Waals surface area contributed by atoms with Crippen LogP contribution < -0.4 is 10.6 Å². The SMILES string of the molecule is C=CCNCC(O)c1ccc(NC(=O)CC)cc1. The van der Waals surface area contributed by atoms with E-state index >= 15 is 0 Å². The van der Waals surface area contributed by atoms with Crippen molar-refractivity contribution in [3.8, 4) is 0 Å². The van der Waals surface area contributed by atoms with Crippen LogP contribution >= 0.6 is 0 Å². The van der Waals surface area contributed by atoms with Crippen molar-refractivity contribution in [1.29, 1.82) is 0 Å². The van der Waals surface area contributed by atoms with Gasteiger partial charge in [-0.05, 0) is 17.7 Å². The number of benzene rings is 1. The third-order valence-electron chi connectivity index (χ3n) is 2.53. The van der Waals surface area contributed by atoms with Crippen molar-refractivity contribution in [2.75, 3.05) is 18.4 Å². The lowest BCUT2D eigenvalue weighted by molar-refractivity contribution is -0.115. The summed E-state index contributed by atoms with van der Waals surface area (Å²) in [6.07, 6.45) is 1.65. The summed E-state index contributed by atoms with van der Waals surface area (Å²) >= 11 is 0. The molecule has 1 rings (SSSR count). The zero-order valence-electron chi connectivity index (χ0n) is 10.6. The molecule has 3 N–H and O–H groups in total. The van der Waals surface area contributed by atoms with Gasteiger partial charge in [0.2, 0.25) is 5.91 Å². The van der Waals surface area contributed by atoms with Crippen molar-refractivity contribution in [2.45, 2.75) is 19.4 Å². The van der Waals surface area contributed by atoms with Crippen LogP contribution in [0.5, 0.6) is 0 Å². The van der Waals surface area contributed by atoms with Crippen LogP contribution in [0.3, 0.4) is 0 Å². The fourth-order valence-corrected chi connectivity index (χ4v) is 1.48. The molecular weight excluding hydrogens is 228 g/mol. The molecule has 0 fully saturated rings. The monoisotopic (exact) mass is 248 g/mol. The molecular formula is C14H20N2O2. The Hall–Kier alpha value is -1.65. The van der Waals surface area contributed by atoms with E-state index in [9.17, 15) is 9.90 Å². The third-order valence-corrected chi connectivity index (χ3v) is 2.53. The fourth-order valence-electron chi connectivity index (χ4n) is 1.48. The summed E-state index contributed by atoms with van der Waals surface area (Å²) in [4.78, 5) is 11.2. The van der Waals surface area contributed by atoms with Crippen molar-refractivity contribution in [1.82, 2.24) is 5.32 Å². The van der Waals surface area contributed by atoms with Gasteiger partial charge in [-0.25, -0.2) is 0 Å². The van der Waals surface area contributed by atoms with Gasteiger partial charge in [-0.2, -0.15) is 0 Å². The molecule has 1 atom stereocenters. The number of nitrogens with one attached hydrogen (secondary N) is 2. The van der Waals surface area contributed by atoms with Gasteiger partial charge in [0, 0.05) is 25.2 Å². The number of rotatable bonds is 7. The Balaban J connectivity index is 2.53. The van der Waals surface area contributed by atoms with Gasteiger partial charge in [-0.1, -0.05) is 25.1 Å². The van der Waals surface area contributed by atoms with Gasteiger partial charge >= 0.3 is 0 Å². The van der Waals surface area contributed by atoms with E-state index in [1.165, 1.54) is 0 Å². The van der Waals surface area contributed by atoms with Gasteiger partial charge in [0.1, 0.15) is 0 Å². The van der Waals surface area contributed by atoms with E-state index in [0.29, 0.717) is 19.5 Å². The molecule has 4 heteroatoms. The van der Waals surface area contributed by atoms with Gasteiger partial charge in [0.05, 0.1) is 6.10 Å². The molecule has 1 aromatic carbocycles. The molecule has 98 valence electrons. The van der Waals surface area contributed by atoms with E-state index in [4.69, 9.17) is 0 Å². The number of carbonyl (C=O) groups is 1. The van der Waals surface area contributed by atoms with Crippen LogP contribution in [0.25, 0.3) is 0 Å². The Morgan fingerprint density at radius 2 is 2.11 bits per heavy atom. The molecule has 1 aromatic rings. The van der Waals surface area contributed by atoms with E-state index in [0.717, 1.165) is 11.3 Å². The predicted octanol–water partition coefficient (Wildman–Crippen LogP) is 1.84. The maximum absolute atomic E-state index is 11.2. The van der Waals surface area contributed by atoms with Crippen LogP contribution in [0.2, 0.25) is 0 Å². The minimum absolute atomic E-state index is 0.0176. The summed E-state index contributed by atoms with van der Waals surface area (Å²) in [5, 5.41) is 15.7. The number of hydrogen-bond acceptors (Lipinski definition) is 3. The first-order valence-corrected chi connectivity index (χ1v) is 6.06. The topological polar surface area (TPSA) is 61.4 Å². The molecule has 0 aliphatic carbocycles. The molecule has 0 saturated carbocycles. The molecule has 18 heavy (non-hydrogen) atoms. The van der Waals surface area contributed by atoms with Crippen LogP contribution in [0, 0.1) is 0 Å². The minimum atomic E-state index is -0.555. The molecule has 0 heterocycles. The van der Waals surface area contributed by atoms with E-state index in [-0.39, 0.29) is 5.91 Å². The zero-order valence-corrected chi connectivity index (χ0v) is 10.6. The highest BCUT2D eigenvalue weighted by Crippen LogP contribution is 2.15. The number of amides is 1. The maximum atomic E-state index is 11.2. The van der Waals surface area contributed by atoms with Crippen molar-refractivity contribution < 1.29 is 9.90 Å². The normalized spacial score (nSPS) is 11.9. The van der Waals surface area contributed by atoms with Gasteiger partial charge < -0.3 is 15.7 Å². The quantitative estimate of drug-likeness (QED) is 0.510. The van der Waals surface area contributed by atoms with Crippen LogP contribution in [-0.2, 0) is 4.79 Å². The Kier molecular flexibility index (Phi) is 6.11. The van der Waals surface area contributed by atoms with Gasteiger partial charge in [0.25, 0.3) is 0 Å². The summed E-state index contributed by atoms with van der Waals surface area (Å²) in [7, 11) is 0. The Morgan fingerprint density at radius 1 is 1.44 bits per heavy atom. The maximum Gasteiger partial charge on any atom is 0.224 e. The highest BCUT2D eigenvalue weighted by atomic mass is 16.3. The number of aliphatic hydroxyl groups excluding tert-OH is 1. The standard InChI is InChI=1S/C14H20N2O2/c1-3-9-15-10-13(17)11-5-7-12(8-6-11)16-14(18)4-2/h3,5-8,13,15,17H,1,4,9-10H2,2H3,(H,16,18). The number of hydrogen-bond donors (Lipinski definition) is 3. The average Bonchev–Trinajstić information content (AvgIpc) is 2.39. The first kappa shape index (κ1) is 14.4. The Labute approximate surface area is 108 Å². The highest BCUT2D eigenvalue weighted by Gasteiger charge is 2.06. The Morgan fingerprint density at radius 3 is 2.67 bits per heavy atom. The summed E-state index contributed by atoms with van der Waals surface area (Å²) in [5.41, 5.74) is 1.57. The van der Waals surface area contributed by atoms with Crippen LogP contribution in [0.1, 0.15) is 25.0 Å². The van der Waals surface area contributed by atoms with Crippen LogP contribution in [0.15, 0.2) is 36.9 Å². The molecule has 0 aliphatic rings. The van der Waals surface area contributed by atoms with Crippen molar-refractivity contribution >= 4 is 11.6 Å². The lowest BCUT2D eigenvalue weighted by Crippen LogP contribution is -2.21. The van der Waals surface area contributed by atoms with E-state index in [1.807, 2.05) is 12.1 Å². The molecule has 0 aromatic heterocycles. The molecule has 0 saturated heterocycles. The van der Waals surface area contributed by atoms with Gasteiger partial charge in [-0.15, -0.1) is 6.58 Å². The summed E-state index contributed by atoms with van der Waals surface area (Å²) in [5.74, 6) is -0.0176. The van der Waals surface area contributed by atoms with Crippen molar-refractivity contribution in [3.63, 3.8) is 0 Å². The van der Waals surface area contributed by atoms with Crippen molar-refractivity contribution in [2.24, 2.45) is 0 Å². The smallest absolute Gasteiger partial charge is 0.224 e. The van der Waals surface area contributed by atoms with Crippen molar-refractivity contribution in [3.05, 3.63) is 42.5 Å². The molecule has 4 nitrogen and oxygen atoms in total. The predicted molar refractivity (Wildman–Crippen MR) is 73.4 cm³/mol. The third kappa shape index (κ3) is 4.69. The second-order valence-electron chi connectivity index (χ2n) is 3.99. The highest BCUT2D eigenvalue weighted by molar-refractivity contribution is 5.90. The number of anilines is 1. The first-order chi connectivity index (χ1) is 8.67. The second-order valence-corrected chi connectivity index (χ2v) is 3.99. The van der Waals surface area contributed by atoms with Gasteiger partial charge in [0.15, 0.2) is 0 Å². The lowest BCUT2D eigenvalue weighted by Gasteiger charge is -2.12. The number of carbonyl (C=O) groups excluding carboxylic acids is 1. The van der Waals surface area contributed by atoms with E-state index < -0.39 is 6.10 Å². The lowest BCUT2D eigenvalue weighted by atomic mass is 10.1. The molecule has 1 unspecified atom stereocenters. The summed E-state index contributed by atoms with van der Waals surface area (Å²) < 4.78 is 0. The zero-order chi connectivity index (χ0) is 13.4. The van der Waals surface area contributed by atoms with Gasteiger partial charge in [-0.3, -0.25) is 4.79 Å². The number of aliphatic hydroxyl groups is 1. The largest absolute Gasteiger partial charge is 0.387 e. The fraction of sp³-hybridized carbons (Fsp3) is 0.357. The van der Waals surface area contributed by atoms with E-state index in [1.54, 1.807) is 25.1 Å². The molecule has 0 aliphatic heterocycles.